The van der Waals surface area contributed by atoms with Crippen LogP contribution in [0.5, 0.6) is 0 Å². The highest BCUT2D eigenvalue weighted by Gasteiger charge is 2.20. The van der Waals surface area contributed by atoms with E-state index in [1.807, 2.05) is 72.8 Å². The highest BCUT2D eigenvalue weighted by Crippen LogP contribution is 2.40. The summed E-state index contributed by atoms with van der Waals surface area (Å²) in [5.41, 5.74) is 5.84. The maximum Gasteiger partial charge on any atom is 0.305 e. The number of hydrogen-bond acceptors (Lipinski definition) is 5. The molecule has 0 radical (unpaired) electrons. The molecule has 0 aliphatic carbocycles. The van der Waals surface area contributed by atoms with Crippen molar-refractivity contribution in [3.63, 3.8) is 0 Å². The van der Waals surface area contributed by atoms with Crippen molar-refractivity contribution in [3.8, 4) is 21.7 Å². The minimum atomic E-state index is -0.947. The molecule has 4 aromatic carbocycles. The van der Waals surface area contributed by atoms with E-state index in [4.69, 9.17) is 21.7 Å². The summed E-state index contributed by atoms with van der Waals surface area (Å²) in [4.78, 5) is 31.8. The van der Waals surface area contributed by atoms with Gasteiger partial charge in [0.2, 0.25) is 0 Å². The molecule has 0 saturated carbocycles. The summed E-state index contributed by atoms with van der Waals surface area (Å²) >= 11 is 7.79. The SMILES string of the molecule is O=C(O)CCNC(=O)c1ccc(CN(CCc2ccc(Cl)cc2)c2nc(-c3ccccc3)c(-c3ccccc3)s2)cc1. The topological polar surface area (TPSA) is 82.5 Å². The Balaban J connectivity index is 1.44. The van der Waals surface area contributed by atoms with Crippen LogP contribution in [0, 0.1) is 0 Å². The van der Waals surface area contributed by atoms with Crippen LogP contribution in [0.2, 0.25) is 5.02 Å². The molecule has 0 aliphatic rings. The van der Waals surface area contributed by atoms with E-state index in [1.165, 1.54) is 5.56 Å². The van der Waals surface area contributed by atoms with Gasteiger partial charge in [-0.2, -0.15) is 0 Å². The summed E-state index contributed by atoms with van der Waals surface area (Å²) in [5, 5.41) is 13.1. The number of carboxylic acid groups (broad SMARTS) is 1. The Bertz CT molecular complexity index is 1570. The number of nitrogens with one attached hydrogen (secondary N) is 1. The molecule has 1 heterocycles. The van der Waals surface area contributed by atoms with Gasteiger partial charge in [0.25, 0.3) is 5.91 Å². The third kappa shape index (κ3) is 7.63. The molecular weight excluding hydrogens is 566 g/mol. The van der Waals surface area contributed by atoms with Gasteiger partial charge >= 0.3 is 5.97 Å². The Morgan fingerprint density at radius 1 is 0.810 bits per heavy atom. The highest BCUT2D eigenvalue weighted by atomic mass is 35.5. The Morgan fingerprint density at radius 3 is 2.07 bits per heavy atom. The van der Waals surface area contributed by atoms with Crippen molar-refractivity contribution in [1.82, 2.24) is 10.3 Å². The first-order valence-electron chi connectivity index (χ1n) is 13.7. The van der Waals surface area contributed by atoms with Crippen LogP contribution in [0.3, 0.4) is 0 Å². The van der Waals surface area contributed by atoms with E-state index in [2.05, 4.69) is 34.5 Å². The number of amides is 1. The lowest BCUT2D eigenvalue weighted by Crippen LogP contribution is -2.26. The second-order valence-corrected chi connectivity index (χ2v) is 11.2. The number of anilines is 1. The molecule has 0 bridgehead atoms. The van der Waals surface area contributed by atoms with Gasteiger partial charge in [-0.05, 0) is 47.4 Å². The summed E-state index contributed by atoms with van der Waals surface area (Å²) in [7, 11) is 0. The Hall–Kier alpha value is -4.46. The van der Waals surface area contributed by atoms with Crippen LogP contribution in [-0.4, -0.2) is 35.1 Å². The molecule has 5 aromatic rings. The predicted octanol–water partition coefficient (Wildman–Crippen LogP) is 7.58. The van der Waals surface area contributed by atoms with Gasteiger partial charge in [-0.3, -0.25) is 9.59 Å². The number of rotatable bonds is 12. The fourth-order valence-corrected chi connectivity index (χ4v) is 5.79. The number of nitrogens with zero attached hydrogens (tertiary/aromatic N) is 2. The molecule has 6 nitrogen and oxygen atoms in total. The first-order chi connectivity index (χ1) is 20.5. The van der Waals surface area contributed by atoms with Crippen LogP contribution < -0.4 is 10.2 Å². The second kappa shape index (κ2) is 13.9. The number of halogens is 1. The van der Waals surface area contributed by atoms with Crippen molar-refractivity contribution in [3.05, 3.63) is 131 Å². The third-order valence-corrected chi connectivity index (χ3v) is 8.18. The van der Waals surface area contributed by atoms with E-state index in [-0.39, 0.29) is 18.9 Å². The normalized spacial score (nSPS) is 10.8. The number of carboxylic acids is 1. The Kier molecular flexibility index (Phi) is 9.64. The van der Waals surface area contributed by atoms with E-state index < -0.39 is 5.97 Å². The van der Waals surface area contributed by atoms with Crippen molar-refractivity contribution >= 4 is 39.9 Å². The standard InChI is InChI=1S/C34H30ClN3O3S/c35-29-17-13-24(14-18-29)20-22-38(23-25-11-15-28(16-12-25)33(41)36-21-19-30(39)40)34-37-31(26-7-3-1-4-8-26)32(42-34)27-9-5-2-6-10-27/h1-18H,19-23H2,(H,36,41)(H,39,40). The van der Waals surface area contributed by atoms with Crippen LogP contribution in [0.15, 0.2) is 109 Å². The summed E-state index contributed by atoms with van der Waals surface area (Å²) in [6.07, 6.45) is 0.693. The average molecular weight is 596 g/mol. The maximum absolute atomic E-state index is 12.4. The molecular formula is C34H30ClN3O3S. The fraction of sp³-hybridized carbons (Fsp3) is 0.147. The number of carbonyl (C=O) groups excluding carboxylic acids is 1. The van der Waals surface area contributed by atoms with Crippen LogP contribution in [0.25, 0.3) is 21.7 Å². The van der Waals surface area contributed by atoms with Crippen LogP contribution in [-0.2, 0) is 17.8 Å². The molecule has 42 heavy (non-hydrogen) atoms. The van der Waals surface area contributed by atoms with Crippen molar-refractivity contribution < 1.29 is 14.7 Å². The van der Waals surface area contributed by atoms with Gasteiger partial charge in [0.05, 0.1) is 17.0 Å². The monoisotopic (exact) mass is 595 g/mol. The molecule has 0 spiro atoms. The van der Waals surface area contributed by atoms with Crippen molar-refractivity contribution in [2.45, 2.75) is 19.4 Å². The number of hydrogen-bond donors (Lipinski definition) is 2. The predicted molar refractivity (Wildman–Crippen MR) is 170 cm³/mol. The number of carbonyl (C=O) groups is 2. The van der Waals surface area contributed by atoms with Gasteiger partial charge in [0.15, 0.2) is 5.13 Å². The largest absolute Gasteiger partial charge is 0.481 e. The van der Waals surface area contributed by atoms with Gasteiger partial charge in [0, 0.05) is 35.8 Å². The molecule has 8 heteroatoms. The lowest BCUT2D eigenvalue weighted by atomic mass is 10.1. The molecule has 0 saturated heterocycles. The number of aromatic nitrogens is 1. The average Bonchev–Trinajstić information content (AvgIpc) is 3.46. The maximum atomic E-state index is 12.4. The lowest BCUT2D eigenvalue weighted by molar-refractivity contribution is -0.136. The first kappa shape index (κ1) is 29.0. The van der Waals surface area contributed by atoms with Gasteiger partial charge in [0.1, 0.15) is 0 Å². The summed E-state index contributed by atoms with van der Waals surface area (Å²) in [6, 6.07) is 35.9. The third-order valence-electron chi connectivity index (χ3n) is 6.77. The van der Waals surface area contributed by atoms with Crippen molar-refractivity contribution in [2.75, 3.05) is 18.0 Å². The van der Waals surface area contributed by atoms with E-state index in [0.717, 1.165) is 45.4 Å². The zero-order valence-corrected chi connectivity index (χ0v) is 24.4. The van der Waals surface area contributed by atoms with Crippen LogP contribution in [0.1, 0.15) is 27.9 Å². The number of thiazole rings is 1. The quantitative estimate of drug-likeness (QED) is 0.155. The summed E-state index contributed by atoms with van der Waals surface area (Å²) < 4.78 is 0. The first-order valence-corrected chi connectivity index (χ1v) is 14.9. The molecule has 0 aliphatic heterocycles. The summed E-state index contributed by atoms with van der Waals surface area (Å²) in [6.45, 7) is 1.42. The minimum absolute atomic E-state index is 0.0892. The number of aliphatic carboxylic acids is 1. The Morgan fingerprint density at radius 2 is 1.43 bits per heavy atom. The van der Waals surface area contributed by atoms with E-state index >= 15 is 0 Å². The molecule has 0 unspecified atom stereocenters. The van der Waals surface area contributed by atoms with E-state index in [1.54, 1.807) is 23.5 Å². The van der Waals surface area contributed by atoms with Crippen LogP contribution in [0.4, 0.5) is 5.13 Å². The summed E-state index contributed by atoms with van der Waals surface area (Å²) in [5.74, 6) is -1.24. The van der Waals surface area contributed by atoms with Crippen molar-refractivity contribution in [2.24, 2.45) is 0 Å². The minimum Gasteiger partial charge on any atom is -0.481 e. The molecule has 0 fully saturated rings. The molecule has 5 rings (SSSR count). The second-order valence-electron chi connectivity index (χ2n) is 9.80. The van der Waals surface area contributed by atoms with Gasteiger partial charge in [-0.25, -0.2) is 4.98 Å². The zero-order valence-electron chi connectivity index (χ0n) is 22.9. The van der Waals surface area contributed by atoms with E-state index in [9.17, 15) is 9.59 Å². The molecule has 2 N–H and O–H groups in total. The zero-order chi connectivity index (χ0) is 29.3. The molecule has 0 atom stereocenters. The van der Waals surface area contributed by atoms with Crippen molar-refractivity contribution in [1.29, 1.82) is 0 Å². The lowest BCUT2D eigenvalue weighted by Gasteiger charge is -2.22. The highest BCUT2D eigenvalue weighted by molar-refractivity contribution is 7.19. The van der Waals surface area contributed by atoms with Gasteiger partial charge < -0.3 is 15.3 Å². The molecule has 212 valence electrons. The smallest absolute Gasteiger partial charge is 0.305 e. The fourth-order valence-electron chi connectivity index (χ4n) is 4.55. The Labute approximate surface area is 254 Å². The molecule has 1 aromatic heterocycles. The van der Waals surface area contributed by atoms with E-state index in [0.29, 0.717) is 17.1 Å². The van der Waals surface area contributed by atoms with Gasteiger partial charge in [-0.1, -0.05) is 108 Å². The van der Waals surface area contributed by atoms with Crippen LogP contribution >= 0.6 is 22.9 Å². The molecule has 1 amide bonds. The van der Waals surface area contributed by atoms with Gasteiger partial charge in [-0.15, -0.1) is 0 Å². The number of benzene rings is 4.